The number of nitrogens with one attached hydrogen (secondary N) is 2. The van der Waals surface area contributed by atoms with E-state index in [1.807, 2.05) is 23.6 Å². The van der Waals surface area contributed by atoms with E-state index in [9.17, 15) is 19.5 Å². The Morgan fingerprint density at radius 3 is 2.58 bits per heavy atom. The van der Waals surface area contributed by atoms with Crippen molar-refractivity contribution in [2.45, 2.75) is 25.7 Å². The summed E-state index contributed by atoms with van der Waals surface area (Å²) in [6, 6.07) is 9.60. The van der Waals surface area contributed by atoms with Crippen molar-refractivity contribution >= 4 is 63.4 Å². The van der Waals surface area contributed by atoms with Crippen LogP contribution < -0.4 is 10.9 Å². The minimum Gasteiger partial charge on any atom is -0.508 e. The van der Waals surface area contributed by atoms with Gasteiger partial charge < -0.3 is 5.11 Å². The summed E-state index contributed by atoms with van der Waals surface area (Å²) < 4.78 is 0.558. The number of rotatable bonds is 8. The number of aromatic hydroxyl groups is 1. The number of thiocarbonyl (C=S) groups is 1. The first kappa shape index (κ1) is 23.0. The van der Waals surface area contributed by atoms with Crippen LogP contribution in [0.25, 0.3) is 6.08 Å². The molecule has 0 radical (unpaired) electrons. The summed E-state index contributed by atoms with van der Waals surface area (Å²) in [5, 5.41) is 11.2. The number of phenolic OH excluding ortho intramolecular Hbond substituents is 1. The number of benzene rings is 1. The van der Waals surface area contributed by atoms with Crippen LogP contribution in [0.15, 0.2) is 46.7 Å². The molecule has 0 saturated carbocycles. The third-order valence-corrected chi connectivity index (χ3v) is 6.62. The maximum atomic E-state index is 12.5. The van der Waals surface area contributed by atoms with Crippen molar-refractivity contribution < 1.29 is 19.5 Å². The number of hydrogen-bond acceptors (Lipinski definition) is 7. The molecule has 3 rings (SSSR count). The van der Waals surface area contributed by atoms with Gasteiger partial charge in [0, 0.05) is 23.4 Å². The zero-order chi connectivity index (χ0) is 22.2. The number of carbonyl (C=O) groups is 3. The maximum absolute atomic E-state index is 12.5. The number of phenols is 1. The molecule has 162 valence electrons. The van der Waals surface area contributed by atoms with Crippen molar-refractivity contribution in [3.8, 4) is 5.75 Å². The highest BCUT2D eigenvalue weighted by Gasteiger charge is 2.31. The Balaban J connectivity index is 1.33. The number of unbranched alkanes of at least 4 members (excludes halogenated alkanes) is 2. The molecule has 2 heterocycles. The van der Waals surface area contributed by atoms with Gasteiger partial charge in [-0.05, 0) is 54.6 Å². The average Bonchev–Trinajstić information content (AvgIpc) is 3.35. The van der Waals surface area contributed by atoms with E-state index in [0.717, 1.165) is 17.7 Å². The molecule has 1 saturated heterocycles. The molecule has 0 atom stereocenters. The summed E-state index contributed by atoms with van der Waals surface area (Å²) in [7, 11) is 0. The summed E-state index contributed by atoms with van der Waals surface area (Å²) in [6.07, 6.45) is 4.22. The number of hydrazine groups is 1. The minimum absolute atomic E-state index is 0.0605. The molecule has 31 heavy (non-hydrogen) atoms. The van der Waals surface area contributed by atoms with Gasteiger partial charge in [-0.3, -0.25) is 30.1 Å². The van der Waals surface area contributed by atoms with Crippen LogP contribution in [0.1, 0.15) is 40.9 Å². The molecule has 10 heteroatoms. The van der Waals surface area contributed by atoms with Crippen molar-refractivity contribution in [3.63, 3.8) is 0 Å². The van der Waals surface area contributed by atoms with E-state index >= 15 is 0 Å². The second kappa shape index (κ2) is 11.1. The number of carbonyl (C=O) groups excluding carboxylic acids is 3. The fraction of sp³-hybridized carbons (Fsp3) is 0.238. The predicted octanol–water partition coefficient (Wildman–Crippen LogP) is 3.68. The molecular formula is C21H21N3O4S3. The lowest BCUT2D eigenvalue weighted by Gasteiger charge is -2.14. The quantitative estimate of drug-likeness (QED) is 0.233. The van der Waals surface area contributed by atoms with Gasteiger partial charge in [-0.15, -0.1) is 11.3 Å². The first-order valence-electron chi connectivity index (χ1n) is 9.61. The molecule has 0 bridgehead atoms. The van der Waals surface area contributed by atoms with Crippen molar-refractivity contribution in [1.82, 2.24) is 15.8 Å². The van der Waals surface area contributed by atoms with E-state index in [0.29, 0.717) is 27.8 Å². The Morgan fingerprint density at radius 2 is 1.87 bits per heavy atom. The van der Waals surface area contributed by atoms with Crippen LogP contribution in [-0.4, -0.2) is 38.6 Å². The van der Waals surface area contributed by atoms with Gasteiger partial charge in [0.05, 0.1) is 4.91 Å². The summed E-state index contributed by atoms with van der Waals surface area (Å²) in [4.78, 5) is 39.6. The lowest BCUT2D eigenvalue weighted by molar-refractivity contribution is -0.123. The fourth-order valence-corrected chi connectivity index (χ4v) is 4.83. The van der Waals surface area contributed by atoms with E-state index in [4.69, 9.17) is 12.2 Å². The lowest BCUT2D eigenvalue weighted by Crippen LogP contribution is -2.41. The summed E-state index contributed by atoms with van der Waals surface area (Å²) in [5.74, 6) is -0.765. The third kappa shape index (κ3) is 6.65. The topological polar surface area (TPSA) is 98.7 Å². The molecule has 0 unspecified atom stereocenters. The SMILES string of the molecule is O=C(CCCCCN1C(=O)C(=Cc2cccs2)SC1=S)NNC(=O)c1ccc(O)cc1. The lowest BCUT2D eigenvalue weighted by atomic mass is 10.2. The van der Waals surface area contributed by atoms with Gasteiger partial charge in [0.15, 0.2) is 0 Å². The Morgan fingerprint density at radius 1 is 1.10 bits per heavy atom. The fourth-order valence-electron chi connectivity index (χ4n) is 2.80. The maximum Gasteiger partial charge on any atom is 0.269 e. The Bertz CT molecular complexity index is 988. The van der Waals surface area contributed by atoms with Gasteiger partial charge in [-0.1, -0.05) is 36.5 Å². The zero-order valence-corrected chi connectivity index (χ0v) is 18.9. The number of hydrogen-bond donors (Lipinski definition) is 3. The number of nitrogens with zero attached hydrogens (tertiary/aromatic N) is 1. The summed E-state index contributed by atoms with van der Waals surface area (Å²) in [6.45, 7) is 0.519. The van der Waals surface area contributed by atoms with Crippen molar-refractivity contribution in [1.29, 1.82) is 0 Å². The Labute approximate surface area is 193 Å². The molecule has 2 aromatic rings. The Hall–Kier alpha value is -2.69. The molecule has 7 nitrogen and oxygen atoms in total. The van der Waals surface area contributed by atoms with Crippen molar-refractivity contribution in [2.24, 2.45) is 0 Å². The standard InChI is InChI=1S/C21H21N3O4S3/c25-15-9-7-14(8-10-15)19(27)23-22-18(26)6-2-1-3-11-24-20(28)17(31-21(24)29)13-16-5-4-12-30-16/h4-5,7-10,12-13,25H,1-3,6,11H2,(H,22,26)(H,23,27). The highest BCUT2D eigenvalue weighted by atomic mass is 32.2. The molecule has 3 amide bonds. The summed E-state index contributed by atoms with van der Waals surface area (Å²) >= 11 is 8.21. The van der Waals surface area contributed by atoms with E-state index < -0.39 is 5.91 Å². The number of thiophene rings is 1. The minimum atomic E-state index is -0.460. The van der Waals surface area contributed by atoms with E-state index in [-0.39, 0.29) is 24.0 Å². The third-order valence-electron chi connectivity index (χ3n) is 4.42. The van der Waals surface area contributed by atoms with Crippen LogP contribution >= 0.6 is 35.3 Å². The van der Waals surface area contributed by atoms with Crippen LogP contribution in [0.5, 0.6) is 5.75 Å². The smallest absolute Gasteiger partial charge is 0.269 e. The van der Waals surface area contributed by atoms with Crippen LogP contribution in [0.4, 0.5) is 0 Å². The first-order valence-corrected chi connectivity index (χ1v) is 11.7. The first-order chi connectivity index (χ1) is 14.9. The second-order valence-corrected chi connectivity index (χ2v) is 9.36. The van der Waals surface area contributed by atoms with Gasteiger partial charge >= 0.3 is 0 Å². The van der Waals surface area contributed by atoms with Gasteiger partial charge in [-0.2, -0.15) is 0 Å². The molecule has 3 N–H and O–H groups in total. The van der Waals surface area contributed by atoms with Gasteiger partial charge in [0.2, 0.25) is 5.91 Å². The second-order valence-electron chi connectivity index (χ2n) is 6.71. The van der Waals surface area contributed by atoms with E-state index in [2.05, 4.69) is 10.9 Å². The van der Waals surface area contributed by atoms with Crippen LogP contribution in [-0.2, 0) is 9.59 Å². The predicted molar refractivity (Wildman–Crippen MR) is 126 cm³/mol. The van der Waals surface area contributed by atoms with Gasteiger partial charge in [-0.25, -0.2) is 0 Å². The Kier molecular flexibility index (Phi) is 8.21. The molecule has 1 fully saturated rings. The highest BCUT2D eigenvalue weighted by molar-refractivity contribution is 8.26. The van der Waals surface area contributed by atoms with Gasteiger partial charge in [0.25, 0.3) is 11.8 Å². The zero-order valence-electron chi connectivity index (χ0n) is 16.5. The molecule has 0 aliphatic carbocycles. The molecule has 1 aromatic heterocycles. The molecule has 0 spiro atoms. The monoisotopic (exact) mass is 475 g/mol. The largest absolute Gasteiger partial charge is 0.508 e. The van der Waals surface area contributed by atoms with Crippen molar-refractivity contribution in [3.05, 3.63) is 57.1 Å². The van der Waals surface area contributed by atoms with E-state index in [1.54, 1.807) is 16.2 Å². The van der Waals surface area contributed by atoms with Crippen LogP contribution in [0.3, 0.4) is 0 Å². The van der Waals surface area contributed by atoms with Crippen LogP contribution in [0.2, 0.25) is 0 Å². The van der Waals surface area contributed by atoms with Crippen LogP contribution in [0, 0.1) is 0 Å². The average molecular weight is 476 g/mol. The molecular weight excluding hydrogens is 454 g/mol. The van der Waals surface area contributed by atoms with E-state index in [1.165, 1.54) is 36.0 Å². The molecule has 1 aliphatic heterocycles. The number of thioether (sulfide) groups is 1. The molecule has 1 aromatic carbocycles. The normalized spacial score (nSPS) is 14.8. The highest BCUT2D eigenvalue weighted by Crippen LogP contribution is 2.33. The van der Waals surface area contributed by atoms with Crippen molar-refractivity contribution in [2.75, 3.05) is 6.54 Å². The number of amides is 3. The van der Waals surface area contributed by atoms with Gasteiger partial charge in [0.1, 0.15) is 10.1 Å². The molecule has 1 aliphatic rings. The summed E-state index contributed by atoms with van der Waals surface area (Å²) in [5.41, 5.74) is 5.04.